The molecule has 15 heavy (non-hydrogen) atoms. The molecule has 2 aliphatic rings. The van der Waals surface area contributed by atoms with Gasteiger partial charge in [0.2, 0.25) is 0 Å². The molecule has 1 heterocycles. The minimum absolute atomic E-state index is 0.311. The number of rotatable bonds is 4. The molecule has 88 valence electrons. The van der Waals surface area contributed by atoms with Crippen molar-refractivity contribution in [2.45, 2.75) is 64.0 Å². The van der Waals surface area contributed by atoms with E-state index in [-0.39, 0.29) is 0 Å². The van der Waals surface area contributed by atoms with Crippen molar-refractivity contribution in [3.05, 3.63) is 0 Å². The van der Waals surface area contributed by atoms with E-state index in [1.54, 1.807) is 0 Å². The zero-order valence-electron chi connectivity index (χ0n) is 10.2. The Morgan fingerprint density at radius 2 is 2.27 bits per heavy atom. The van der Waals surface area contributed by atoms with Gasteiger partial charge in [-0.3, -0.25) is 0 Å². The van der Waals surface area contributed by atoms with Crippen molar-refractivity contribution < 1.29 is 4.74 Å². The SMILES string of the molecule is CCCNC(C)C1CCOC2(CCC2)C1. The van der Waals surface area contributed by atoms with Crippen LogP contribution in [-0.4, -0.2) is 24.8 Å². The summed E-state index contributed by atoms with van der Waals surface area (Å²) in [6, 6.07) is 0.673. The molecule has 0 aromatic heterocycles. The minimum atomic E-state index is 0.311. The van der Waals surface area contributed by atoms with Crippen LogP contribution in [0.25, 0.3) is 0 Å². The molecule has 0 radical (unpaired) electrons. The van der Waals surface area contributed by atoms with Crippen LogP contribution >= 0.6 is 0 Å². The maximum Gasteiger partial charge on any atom is 0.0685 e. The normalized spacial score (nSPS) is 31.2. The number of hydrogen-bond donors (Lipinski definition) is 1. The zero-order chi connectivity index (χ0) is 10.7. The van der Waals surface area contributed by atoms with Crippen molar-refractivity contribution >= 4 is 0 Å². The summed E-state index contributed by atoms with van der Waals surface area (Å²) in [6.45, 7) is 6.73. The highest BCUT2D eigenvalue weighted by Gasteiger charge is 2.43. The Labute approximate surface area is 93.8 Å². The molecule has 0 amide bonds. The monoisotopic (exact) mass is 211 g/mol. The second-order valence-corrected chi connectivity index (χ2v) is 5.38. The third-order valence-electron chi connectivity index (χ3n) is 4.22. The maximum atomic E-state index is 5.96. The van der Waals surface area contributed by atoms with Crippen LogP contribution in [0.15, 0.2) is 0 Å². The van der Waals surface area contributed by atoms with Crippen LogP contribution in [0.3, 0.4) is 0 Å². The van der Waals surface area contributed by atoms with Gasteiger partial charge in [0.15, 0.2) is 0 Å². The zero-order valence-corrected chi connectivity index (χ0v) is 10.2. The predicted molar refractivity (Wildman–Crippen MR) is 63.0 cm³/mol. The van der Waals surface area contributed by atoms with Gasteiger partial charge in [-0.05, 0) is 57.9 Å². The lowest BCUT2D eigenvalue weighted by Crippen LogP contribution is -2.49. The first-order valence-corrected chi connectivity index (χ1v) is 6.63. The van der Waals surface area contributed by atoms with Crippen LogP contribution in [0.4, 0.5) is 0 Å². The Bertz CT molecular complexity index is 201. The molecule has 1 aliphatic heterocycles. The molecular formula is C13H25NO. The Balaban J connectivity index is 1.81. The summed E-state index contributed by atoms with van der Waals surface area (Å²) in [5.41, 5.74) is 0.311. The average Bonchev–Trinajstić information content (AvgIpc) is 2.24. The highest BCUT2D eigenvalue weighted by Crippen LogP contribution is 2.44. The van der Waals surface area contributed by atoms with Gasteiger partial charge in [0.1, 0.15) is 0 Å². The summed E-state index contributed by atoms with van der Waals surface area (Å²) >= 11 is 0. The first-order chi connectivity index (χ1) is 7.26. The summed E-state index contributed by atoms with van der Waals surface area (Å²) in [5.74, 6) is 0.839. The maximum absolute atomic E-state index is 5.96. The van der Waals surface area contributed by atoms with E-state index >= 15 is 0 Å². The van der Waals surface area contributed by atoms with Crippen molar-refractivity contribution in [3.63, 3.8) is 0 Å². The number of nitrogens with one attached hydrogen (secondary N) is 1. The molecule has 2 nitrogen and oxygen atoms in total. The third kappa shape index (κ3) is 2.54. The van der Waals surface area contributed by atoms with Crippen molar-refractivity contribution in [2.75, 3.05) is 13.2 Å². The largest absolute Gasteiger partial charge is 0.375 e. The molecule has 1 saturated carbocycles. The van der Waals surface area contributed by atoms with Crippen LogP contribution in [0, 0.1) is 5.92 Å². The highest BCUT2D eigenvalue weighted by molar-refractivity contribution is 4.95. The van der Waals surface area contributed by atoms with Gasteiger partial charge in [-0.1, -0.05) is 6.92 Å². The van der Waals surface area contributed by atoms with E-state index in [4.69, 9.17) is 4.74 Å². The van der Waals surface area contributed by atoms with Crippen molar-refractivity contribution in [1.82, 2.24) is 5.32 Å². The summed E-state index contributed by atoms with van der Waals surface area (Å²) in [5, 5.41) is 3.63. The fourth-order valence-corrected chi connectivity index (χ4v) is 2.95. The second-order valence-electron chi connectivity index (χ2n) is 5.38. The molecule has 2 fully saturated rings. The molecule has 1 saturated heterocycles. The summed E-state index contributed by atoms with van der Waals surface area (Å²) < 4.78 is 5.96. The molecule has 1 aliphatic carbocycles. The number of hydrogen-bond acceptors (Lipinski definition) is 2. The van der Waals surface area contributed by atoms with E-state index in [9.17, 15) is 0 Å². The lowest BCUT2D eigenvalue weighted by atomic mass is 9.70. The fourth-order valence-electron chi connectivity index (χ4n) is 2.95. The molecule has 1 N–H and O–H groups in total. The van der Waals surface area contributed by atoms with Gasteiger partial charge < -0.3 is 10.1 Å². The molecule has 2 unspecified atom stereocenters. The van der Waals surface area contributed by atoms with Crippen LogP contribution in [0.5, 0.6) is 0 Å². The van der Waals surface area contributed by atoms with Gasteiger partial charge in [0, 0.05) is 12.6 Å². The molecule has 2 atom stereocenters. The Hall–Kier alpha value is -0.0800. The molecule has 0 aromatic carbocycles. The first-order valence-electron chi connectivity index (χ1n) is 6.63. The predicted octanol–water partition coefficient (Wildman–Crippen LogP) is 2.72. The van der Waals surface area contributed by atoms with Crippen LogP contribution < -0.4 is 5.32 Å². The van der Waals surface area contributed by atoms with Gasteiger partial charge in [-0.15, -0.1) is 0 Å². The lowest BCUT2D eigenvalue weighted by molar-refractivity contribution is -0.146. The van der Waals surface area contributed by atoms with E-state index in [1.807, 2.05) is 0 Å². The Kier molecular flexibility index (Phi) is 3.68. The summed E-state index contributed by atoms with van der Waals surface area (Å²) in [7, 11) is 0. The summed E-state index contributed by atoms with van der Waals surface area (Å²) in [6.07, 6.45) is 7.78. The Morgan fingerprint density at radius 1 is 1.47 bits per heavy atom. The minimum Gasteiger partial charge on any atom is -0.375 e. The van der Waals surface area contributed by atoms with Crippen molar-refractivity contribution in [2.24, 2.45) is 5.92 Å². The standard InChI is InChI=1S/C13H25NO/c1-3-8-14-11(2)12-5-9-15-13(10-12)6-4-7-13/h11-12,14H,3-10H2,1-2H3. The lowest BCUT2D eigenvalue weighted by Gasteiger charge is -2.48. The molecule has 1 spiro atoms. The molecule has 2 heteroatoms. The third-order valence-corrected chi connectivity index (χ3v) is 4.22. The van der Waals surface area contributed by atoms with E-state index in [2.05, 4.69) is 19.2 Å². The summed E-state index contributed by atoms with van der Waals surface area (Å²) in [4.78, 5) is 0. The van der Waals surface area contributed by atoms with E-state index in [0.29, 0.717) is 11.6 Å². The Morgan fingerprint density at radius 3 is 2.87 bits per heavy atom. The molecule has 0 bridgehead atoms. The highest BCUT2D eigenvalue weighted by atomic mass is 16.5. The van der Waals surface area contributed by atoms with E-state index < -0.39 is 0 Å². The van der Waals surface area contributed by atoms with Crippen molar-refractivity contribution in [1.29, 1.82) is 0 Å². The smallest absolute Gasteiger partial charge is 0.0685 e. The molecular weight excluding hydrogens is 186 g/mol. The van der Waals surface area contributed by atoms with Crippen LogP contribution in [0.2, 0.25) is 0 Å². The van der Waals surface area contributed by atoms with E-state index in [0.717, 1.165) is 19.1 Å². The number of ether oxygens (including phenoxy) is 1. The van der Waals surface area contributed by atoms with Gasteiger partial charge in [-0.2, -0.15) is 0 Å². The van der Waals surface area contributed by atoms with Gasteiger partial charge >= 0.3 is 0 Å². The first kappa shape index (κ1) is 11.4. The fraction of sp³-hybridized carbons (Fsp3) is 1.00. The molecule has 0 aromatic rings. The van der Waals surface area contributed by atoms with Gasteiger partial charge in [-0.25, -0.2) is 0 Å². The second kappa shape index (κ2) is 4.84. The van der Waals surface area contributed by atoms with Crippen molar-refractivity contribution in [3.8, 4) is 0 Å². The van der Waals surface area contributed by atoms with Crippen LogP contribution in [-0.2, 0) is 4.74 Å². The topological polar surface area (TPSA) is 21.3 Å². The average molecular weight is 211 g/mol. The van der Waals surface area contributed by atoms with Gasteiger partial charge in [0.25, 0.3) is 0 Å². The molecule has 2 rings (SSSR count). The van der Waals surface area contributed by atoms with Gasteiger partial charge in [0.05, 0.1) is 5.60 Å². The van der Waals surface area contributed by atoms with E-state index in [1.165, 1.54) is 38.5 Å². The quantitative estimate of drug-likeness (QED) is 0.772. The van der Waals surface area contributed by atoms with Crippen LogP contribution in [0.1, 0.15) is 52.4 Å².